The largest absolute Gasteiger partial charge is 0.268 e. The molecular formula is C16H9ClN2OS. The SMILES string of the molecule is N#Cc1ccc(-n2sc(-c3ccccc3Cl)cc2=O)cc1. The van der Waals surface area contributed by atoms with E-state index in [0.717, 1.165) is 16.1 Å². The predicted octanol–water partition coefficient (Wildman–Crippen LogP) is 4.09. The first kappa shape index (κ1) is 13.6. The Morgan fingerprint density at radius 3 is 2.48 bits per heavy atom. The van der Waals surface area contributed by atoms with Gasteiger partial charge in [0.25, 0.3) is 5.56 Å². The van der Waals surface area contributed by atoms with Gasteiger partial charge in [0.15, 0.2) is 0 Å². The van der Waals surface area contributed by atoms with Crippen LogP contribution in [0.2, 0.25) is 5.02 Å². The molecule has 0 aliphatic rings. The molecule has 102 valence electrons. The van der Waals surface area contributed by atoms with Crippen LogP contribution < -0.4 is 5.56 Å². The molecule has 0 aliphatic carbocycles. The van der Waals surface area contributed by atoms with Gasteiger partial charge in [0, 0.05) is 16.7 Å². The smallest absolute Gasteiger partial charge is 0.265 e. The molecule has 0 N–H and O–H groups in total. The van der Waals surface area contributed by atoms with E-state index < -0.39 is 0 Å². The summed E-state index contributed by atoms with van der Waals surface area (Å²) in [4.78, 5) is 13.0. The van der Waals surface area contributed by atoms with Gasteiger partial charge in [-0.2, -0.15) is 5.26 Å². The summed E-state index contributed by atoms with van der Waals surface area (Å²) in [7, 11) is 0. The molecule has 5 heteroatoms. The second kappa shape index (κ2) is 5.57. The van der Waals surface area contributed by atoms with Crippen LogP contribution in [0, 0.1) is 11.3 Å². The van der Waals surface area contributed by atoms with Crippen molar-refractivity contribution in [3.8, 4) is 22.2 Å². The zero-order chi connectivity index (χ0) is 14.8. The van der Waals surface area contributed by atoms with E-state index in [1.807, 2.05) is 18.2 Å². The molecule has 0 saturated heterocycles. The van der Waals surface area contributed by atoms with Gasteiger partial charge in [0.1, 0.15) is 0 Å². The molecule has 3 aromatic rings. The fraction of sp³-hybridized carbons (Fsp3) is 0. The molecule has 0 fully saturated rings. The molecule has 0 unspecified atom stereocenters. The minimum Gasteiger partial charge on any atom is -0.268 e. The van der Waals surface area contributed by atoms with Gasteiger partial charge < -0.3 is 0 Å². The summed E-state index contributed by atoms with van der Waals surface area (Å²) in [5.74, 6) is 0. The van der Waals surface area contributed by atoms with E-state index >= 15 is 0 Å². The maximum Gasteiger partial charge on any atom is 0.265 e. The third-order valence-corrected chi connectivity index (χ3v) is 4.45. The third kappa shape index (κ3) is 2.62. The molecule has 0 amide bonds. The van der Waals surface area contributed by atoms with Crippen molar-refractivity contribution in [1.82, 2.24) is 3.96 Å². The van der Waals surface area contributed by atoms with Crippen LogP contribution in [0.3, 0.4) is 0 Å². The van der Waals surface area contributed by atoms with Crippen LogP contribution in [-0.2, 0) is 0 Å². The number of rotatable bonds is 2. The first-order chi connectivity index (χ1) is 10.2. The zero-order valence-corrected chi connectivity index (χ0v) is 12.4. The Kier molecular flexibility index (Phi) is 3.61. The topological polar surface area (TPSA) is 45.8 Å². The predicted molar refractivity (Wildman–Crippen MR) is 85.1 cm³/mol. The summed E-state index contributed by atoms with van der Waals surface area (Å²) in [5.41, 5.74) is 2.03. The van der Waals surface area contributed by atoms with Crippen LogP contribution in [0.1, 0.15) is 5.56 Å². The number of hydrogen-bond donors (Lipinski definition) is 0. The number of nitriles is 1. The number of hydrogen-bond acceptors (Lipinski definition) is 3. The second-order valence-corrected chi connectivity index (χ2v) is 5.77. The van der Waals surface area contributed by atoms with Crippen LogP contribution in [0.25, 0.3) is 16.1 Å². The highest BCUT2D eigenvalue weighted by molar-refractivity contribution is 7.10. The van der Waals surface area contributed by atoms with Gasteiger partial charge in [-0.15, -0.1) is 0 Å². The van der Waals surface area contributed by atoms with Crippen LogP contribution >= 0.6 is 23.1 Å². The van der Waals surface area contributed by atoms with E-state index in [-0.39, 0.29) is 5.56 Å². The maximum atomic E-state index is 12.1. The highest BCUT2D eigenvalue weighted by atomic mass is 35.5. The van der Waals surface area contributed by atoms with Gasteiger partial charge in [-0.25, -0.2) is 3.96 Å². The molecule has 1 heterocycles. The Balaban J connectivity index is 2.08. The van der Waals surface area contributed by atoms with Crippen LogP contribution in [0.15, 0.2) is 59.4 Å². The highest BCUT2D eigenvalue weighted by Gasteiger charge is 2.10. The van der Waals surface area contributed by atoms with E-state index in [4.69, 9.17) is 16.9 Å². The minimum absolute atomic E-state index is 0.111. The molecule has 0 atom stereocenters. The average molecular weight is 313 g/mol. The molecule has 3 nitrogen and oxygen atoms in total. The van der Waals surface area contributed by atoms with Crippen molar-refractivity contribution in [3.05, 3.63) is 75.5 Å². The number of benzene rings is 2. The lowest BCUT2D eigenvalue weighted by Crippen LogP contribution is -2.08. The van der Waals surface area contributed by atoms with Crippen LogP contribution in [0.4, 0.5) is 0 Å². The van der Waals surface area contributed by atoms with Crippen molar-refractivity contribution in [3.63, 3.8) is 0 Å². The fourth-order valence-corrected chi connectivity index (χ4v) is 3.27. The monoisotopic (exact) mass is 312 g/mol. The fourth-order valence-electron chi connectivity index (χ4n) is 1.98. The van der Waals surface area contributed by atoms with Crippen molar-refractivity contribution in [2.45, 2.75) is 0 Å². The summed E-state index contributed by atoms with van der Waals surface area (Å²) in [6.45, 7) is 0. The molecule has 2 aromatic carbocycles. The summed E-state index contributed by atoms with van der Waals surface area (Å²) in [6, 6.07) is 18.0. The van der Waals surface area contributed by atoms with Gasteiger partial charge in [0.2, 0.25) is 0 Å². The normalized spacial score (nSPS) is 10.3. The van der Waals surface area contributed by atoms with Gasteiger partial charge in [-0.1, -0.05) is 41.3 Å². The summed E-state index contributed by atoms with van der Waals surface area (Å²) < 4.78 is 1.58. The molecule has 0 spiro atoms. The number of halogens is 1. The van der Waals surface area contributed by atoms with Gasteiger partial charge >= 0.3 is 0 Å². The molecule has 0 bridgehead atoms. The average Bonchev–Trinajstić information content (AvgIpc) is 2.89. The number of nitrogens with zero attached hydrogens (tertiary/aromatic N) is 2. The molecule has 3 rings (SSSR count). The third-order valence-electron chi connectivity index (χ3n) is 3.01. The van der Waals surface area contributed by atoms with Crippen molar-refractivity contribution in [2.75, 3.05) is 0 Å². The van der Waals surface area contributed by atoms with Gasteiger partial charge in [-0.3, -0.25) is 4.79 Å². The van der Waals surface area contributed by atoms with E-state index in [1.165, 1.54) is 11.5 Å². The Morgan fingerprint density at radius 1 is 1.10 bits per heavy atom. The molecule has 0 aliphatic heterocycles. The Hall–Kier alpha value is -2.35. The van der Waals surface area contributed by atoms with Crippen molar-refractivity contribution >= 4 is 23.1 Å². The highest BCUT2D eigenvalue weighted by Crippen LogP contribution is 2.30. The maximum absolute atomic E-state index is 12.1. The van der Waals surface area contributed by atoms with E-state index in [1.54, 1.807) is 40.4 Å². The van der Waals surface area contributed by atoms with E-state index in [9.17, 15) is 4.79 Å². The molecule has 1 aromatic heterocycles. The minimum atomic E-state index is -0.111. The van der Waals surface area contributed by atoms with E-state index in [2.05, 4.69) is 6.07 Å². The van der Waals surface area contributed by atoms with E-state index in [0.29, 0.717) is 10.6 Å². The first-order valence-electron chi connectivity index (χ1n) is 6.18. The summed E-state index contributed by atoms with van der Waals surface area (Å²) in [5, 5.41) is 9.42. The van der Waals surface area contributed by atoms with Crippen LogP contribution in [-0.4, -0.2) is 3.96 Å². The Labute approximate surface area is 130 Å². The Bertz CT molecular complexity index is 888. The lowest BCUT2D eigenvalue weighted by molar-refractivity contribution is 1.13. The summed E-state index contributed by atoms with van der Waals surface area (Å²) >= 11 is 7.50. The Morgan fingerprint density at radius 2 is 1.81 bits per heavy atom. The van der Waals surface area contributed by atoms with Crippen molar-refractivity contribution in [2.24, 2.45) is 0 Å². The molecule has 0 saturated carbocycles. The first-order valence-corrected chi connectivity index (χ1v) is 7.33. The van der Waals surface area contributed by atoms with Crippen molar-refractivity contribution in [1.29, 1.82) is 5.26 Å². The van der Waals surface area contributed by atoms with Gasteiger partial charge in [0.05, 0.1) is 22.2 Å². The van der Waals surface area contributed by atoms with Gasteiger partial charge in [-0.05, 0) is 30.3 Å². The molecule has 0 radical (unpaired) electrons. The lowest BCUT2D eigenvalue weighted by atomic mass is 10.2. The standard InChI is InChI=1S/C16H9ClN2OS/c17-14-4-2-1-3-13(14)15-9-16(20)19(21-15)12-7-5-11(10-18)6-8-12/h1-9H. The molecule has 21 heavy (non-hydrogen) atoms. The zero-order valence-electron chi connectivity index (χ0n) is 10.8. The lowest BCUT2D eigenvalue weighted by Gasteiger charge is -2.01. The van der Waals surface area contributed by atoms with Crippen LogP contribution in [0.5, 0.6) is 0 Å². The summed E-state index contributed by atoms with van der Waals surface area (Å²) in [6.07, 6.45) is 0. The molecular weight excluding hydrogens is 304 g/mol. The second-order valence-electron chi connectivity index (χ2n) is 4.37. The number of aromatic nitrogens is 1. The quantitative estimate of drug-likeness (QED) is 0.715. The van der Waals surface area contributed by atoms with Crippen molar-refractivity contribution < 1.29 is 0 Å².